The van der Waals surface area contributed by atoms with Gasteiger partial charge in [0.25, 0.3) is 0 Å². The lowest BCUT2D eigenvalue weighted by Gasteiger charge is -2.10. The molecule has 16 heavy (non-hydrogen) atoms. The van der Waals surface area contributed by atoms with Crippen LogP contribution in [0.3, 0.4) is 0 Å². The molecule has 6 heteroatoms. The Hall–Kier alpha value is -1.62. The zero-order chi connectivity index (χ0) is 11.5. The Labute approximate surface area is 96.5 Å². The van der Waals surface area contributed by atoms with Crippen LogP contribution in [0.25, 0.3) is 0 Å². The largest absolute Gasteiger partial charge is 0.508 e. The maximum absolute atomic E-state index is 10.6. The number of carbonyl (C=O) groups excluding carboxylic acids is 1. The van der Waals surface area contributed by atoms with E-state index in [0.717, 1.165) is 0 Å². The quantitative estimate of drug-likeness (QED) is 0.824. The van der Waals surface area contributed by atoms with E-state index in [1.807, 2.05) is 0 Å². The van der Waals surface area contributed by atoms with Gasteiger partial charge in [-0.2, -0.15) is 0 Å². The van der Waals surface area contributed by atoms with Crippen LogP contribution in [0.1, 0.15) is 0 Å². The van der Waals surface area contributed by atoms with Crippen molar-refractivity contribution in [1.29, 1.82) is 0 Å². The average Bonchev–Trinajstić information content (AvgIpc) is 2.63. The minimum atomic E-state index is -0.700. The zero-order valence-corrected chi connectivity index (χ0v) is 8.94. The SMILES string of the molecule is O=C1OCC(COc2ccc(Cl)cc2O)O1. The fraction of sp³-hybridized carbons (Fsp3) is 0.300. The number of ether oxygens (including phenoxy) is 3. The number of phenolic OH excluding ortho intramolecular Hbond substituents is 1. The molecule has 0 spiro atoms. The fourth-order valence-corrected chi connectivity index (χ4v) is 1.41. The van der Waals surface area contributed by atoms with Gasteiger partial charge in [0, 0.05) is 11.1 Å². The second-order valence-corrected chi connectivity index (χ2v) is 3.66. The Morgan fingerprint density at radius 3 is 3.00 bits per heavy atom. The normalized spacial score (nSPS) is 19.1. The lowest BCUT2D eigenvalue weighted by atomic mass is 10.3. The maximum Gasteiger partial charge on any atom is 0.508 e. The molecule has 0 saturated carbocycles. The van der Waals surface area contributed by atoms with Crippen LogP contribution >= 0.6 is 11.6 Å². The number of cyclic esters (lactones) is 2. The van der Waals surface area contributed by atoms with Crippen molar-refractivity contribution in [2.75, 3.05) is 13.2 Å². The molecular weight excluding hydrogens is 236 g/mol. The summed E-state index contributed by atoms with van der Waals surface area (Å²) in [5, 5.41) is 9.89. The Morgan fingerprint density at radius 1 is 1.56 bits per heavy atom. The third kappa shape index (κ3) is 2.49. The number of hydrogen-bond acceptors (Lipinski definition) is 5. The molecule has 1 aromatic carbocycles. The van der Waals surface area contributed by atoms with Gasteiger partial charge in [-0.15, -0.1) is 0 Å². The molecule has 1 N–H and O–H groups in total. The first-order valence-corrected chi connectivity index (χ1v) is 4.97. The minimum Gasteiger partial charge on any atom is -0.504 e. The molecule has 1 saturated heterocycles. The van der Waals surface area contributed by atoms with E-state index in [1.54, 1.807) is 6.07 Å². The predicted molar refractivity (Wildman–Crippen MR) is 54.8 cm³/mol. The number of rotatable bonds is 3. The van der Waals surface area contributed by atoms with Crippen LogP contribution in [0.4, 0.5) is 4.79 Å². The van der Waals surface area contributed by atoms with Gasteiger partial charge < -0.3 is 19.3 Å². The summed E-state index contributed by atoms with van der Waals surface area (Å²) in [5.41, 5.74) is 0. The molecule has 1 aliphatic heterocycles. The van der Waals surface area contributed by atoms with Gasteiger partial charge in [0.05, 0.1) is 0 Å². The van der Waals surface area contributed by atoms with E-state index < -0.39 is 12.3 Å². The second-order valence-electron chi connectivity index (χ2n) is 3.22. The van der Waals surface area contributed by atoms with Crippen molar-refractivity contribution >= 4 is 17.8 Å². The molecule has 5 nitrogen and oxygen atoms in total. The van der Waals surface area contributed by atoms with Crippen molar-refractivity contribution < 1.29 is 24.1 Å². The Morgan fingerprint density at radius 2 is 2.38 bits per heavy atom. The molecule has 0 bridgehead atoms. The molecular formula is C10H9ClO5. The fourth-order valence-electron chi connectivity index (χ4n) is 1.24. The number of phenols is 1. The van der Waals surface area contributed by atoms with E-state index >= 15 is 0 Å². The van der Waals surface area contributed by atoms with Gasteiger partial charge in [0.15, 0.2) is 17.6 Å². The van der Waals surface area contributed by atoms with E-state index in [1.165, 1.54) is 12.1 Å². The van der Waals surface area contributed by atoms with Crippen molar-refractivity contribution in [1.82, 2.24) is 0 Å². The highest BCUT2D eigenvalue weighted by molar-refractivity contribution is 6.30. The third-order valence-electron chi connectivity index (χ3n) is 2.00. The molecule has 1 aromatic rings. The van der Waals surface area contributed by atoms with Crippen molar-refractivity contribution in [2.45, 2.75) is 6.10 Å². The van der Waals surface area contributed by atoms with Crippen molar-refractivity contribution in [3.05, 3.63) is 23.2 Å². The van der Waals surface area contributed by atoms with E-state index in [9.17, 15) is 9.90 Å². The monoisotopic (exact) mass is 244 g/mol. The molecule has 86 valence electrons. The third-order valence-corrected chi connectivity index (χ3v) is 2.23. The van der Waals surface area contributed by atoms with Gasteiger partial charge >= 0.3 is 6.16 Å². The number of carbonyl (C=O) groups is 1. The van der Waals surface area contributed by atoms with Crippen molar-refractivity contribution in [2.24, 2.45) is 0 Å². The molecule has 1 aliphatic rings. The van der Waals surface area contributed by atoms with Crippen LogP contribution in [0.5, 0.6) is 11.5 Å². The van der Waals surface area contributed by atoms with Crippen LogP contribution in [-0.4, -0.2) is 30.6 Å². The molecule has 0 radical (unpaired) electrons. The standard InChI is InChI=1S/C10H9ClO5/c11-6-1-2-9(8(12)3-6)14-4-7-5-15-10(13)16-7/h1-3,7,12H,4-5H2. The first-order valence-electron chi connectivity index (χ1n) is 4.60. The van der Waals surface area contributed by atoms with Crippen molar-refractivity contribution in [3.8, 4) is 11.5 Å². The molecule has 0 amide bonds. The second kappa shape index (κ2) is 4.49. The van der Waals surface area contributed by atoms with Crippen LogP contribution in [0.15, 0.2) is 18.2 Å². The summed E-state index contributed by atoms with van der Waals surface area (Å²) in [7, 11) is 0. The van der Waals surface area contributed by atoms with Gasteiger partial charge in [0.2, 0.25) is 0 Å². The number of hydrogen-bond donors (Lipinski definition) is 1. The summed E-state index contributed by atoms with van der Waals surface area (Å²) < 4.78 is 14.6. The topological polar surface area (TPSA) is 65.0 Å². The highest BCUT2D eigenvalue weighted by Crippen LogP contribution is 2.29. The lowest BCUT2D eigenvalue weighted by molar-refractivity contribution is 0.0976. The molecule has 1 heterocycles. The molecule has 0 aromatic heterocycles. The van der Waals surface area contributed by atoms with E-state index in [2.05, 4.69) is 4.74 Å². The Kier molecular flexibility index (Phi) is 3.05. The first kappa shape index (κ1) is 10.9. The summed E-state index contributed by atoms with van der Waals surface area (Å²) in [4.78, 5) is 10.6. The number of benzene rings is 1. The summed E-state index contributed by atoms with van der Waals surface area (Å²) >= 11 is 5.66. The Balaban J connectivity index is 1.92. The summed E-state index contributed by atoms with van der Waals surface area (Å²) in [6.45, 7) is 0.286. The summed E-state index contributed by atoms with van der Waals surface area (Å²) in [5.74, 6) is 0.227. The van der Waals surface area contributed by atoms with Crippen LogP contribution in [0.2, 0.25) is 5.02 Å². The van der Waals surface area contributed by atoms with Gasteiger partial charge in [-0.05, 0) is 12.1 Å². The predicted octanol–water partition coefficient (Wildman–Crippen LogP) is 1.96. The van der Waals surface area contributed by atoms with Crippen LogP contribution < -0.4 is 4.74 Å². The molecule has 1 unspecified atom stereocenters. The van der Waals surface area contributed by atoms with E-state index in [-0.39, 0.29) is 24.7 Å². The summed E-state index contributed by atoms with van der Waals surface area (Å²) in [6, 6.07) is 4.50. The molecule has 1 fully saturated rings. The molecule has 1 atom stereocenters. The van der Waals surface area contributed by atoms with Gasteiger partial charge in [-0.1, -0.05) is 11.6 Å². The zero-order valence-electron chi connectivity index (χ0n) is 8.18. The first-order chi connectivity index (χ1) is 7.65. The van der Waals surface area contributed by atoms with Gasteiger partial charge in [0.1, 0.15) is 13.2 Å². The highest BCUT2D eigenvalue weighted by Gasteiger charge is 2.25. The van der Waals surface area contributed by atoms with Crippen LogP contribution in [-0.2, 0) is 9.47 Å². The maximum atomic E-state index is 10.6. The minimum absolute atomic E-state index is 0.0576. The average molecular weight is 245 g/mol. The number of aromatic hydroxyl groups is 1. The van der Waals surface area contributed by atoms with Crippen LogP contribution in [0, 0.1) is 0 Å². The van der Waals surface area contributed by atoms with Gasteiger partial charge in [-0.25, -0.2) is 4.79 Å². The van der Waals surface area contributed by atoms with E-state index in [4.69, 9.17) is 21.1 Å². The molecule has 2 rings (SSSR count). The summed E-state index contributed by atoms with van der Waals surface area (Å²) in [6.07, 6.45) is -1.14. The lowest BCUT2D eigenvalue weighted by Crippen LogP contribution is -2.19. The van der Waals surface area contributed by atoms with Crippen molar-refractivity contribution in [3.63, 3.8) is 0 Å². The molecule has 0 aliphatic carbocycles. The Bertz CT molecular complexity index is 406. The van der Waals surface area contributed by atoms with Gasteiger partial charge in [-0.3, -0.25) is 0 Å². The number of halogens is 1. The highest BCUT2D eigenvalue weighted by atomic mass is 35.5. The van der Waals surface area contributed by atoms with E-state index in [0.29, 0.717) is 5.02 Å². The smallest absolute Gasteiger partial charge is 0.504 e.